The third-order valence-electron chi connectivity index (χ3n) is 2.94. The van der Waals surface area contributed by atoms with E-state index in [1.807, 2.05) is 6.07 Å². The predicted molar refractivity (Wildman–Crippen MR) is 70.1 cm³/mol. The van der Waals surface area contributed by atoms with Gasteiger partial charge >= 0.3 is 0 Å². The Labute approximate surface area is 105 Å². The Morgan fingerprint density at radius 3 is 2.89 bits per heavy atom. The first kappa shape index (κ1) is 11.0. The summed E-state index contributed by atoms with van der Waals surface area (Å²) in [5.74, 6) is 1.20. The molecule has 18 heavy (non-hydrogen) atoms. The van der Waals surface area contributed by atoms with Gasteiger partial charge in [-0.05, 0) is 30.2 Å². The van der Waals surface area contributed by atoms with Crippen molar-refractivity contribution in [3.05, 3.63) is 36.8 Å². The van der Waals surface area contributed by atoms with Crippen molar-refractivity contribution in [1.29, 1.82) is 0 Å². The van der Waals surface area contributed by atoms with E-state index in [-0.39, 0.29) is 0 Å². The van der Waals surface area contributed by atoms with Crippen molar-refractivity contribution in [2.75, 3.05) is 0 Å². The van der Waals surface area contributed by atoms with Gasteiger partial charge in [0.05, 0.1) is 0 Å². The van der Waals surface area contributed by atoms with Gasteiger partial charge in [-0.1, -0.05) is 19.0 Å². The third kappa shape index (κ3) is 1.90. The second-order valence-electron chi connectivity index (χ2n) is 4.88. The first-order valence-electron chi connectivity index (χ1n) is 6.10. The minimum Gasteiger partial charge on any atom is -0.347 e. The Hall–Kier alpha value is -2.10. The fourth-order valence-electron chi connectivity index (χ4n) is 2.19. The van der Waals surface area contributed by atoms with Crippen LogP contribution in [0.1, 0.15) is 13.8 Å². The van der Waals surface area contributed by atoms with Crippen molar-refractivity contribution in [1.82, 2.24) is 14.7 Å². The van der Waals surface area contributed by atoms with Crippen molar-refractivity contribution in [2.24, 2.45) is 5.92 Å². The van der Waals surface area contributed by atoms with Crippen molar-refractivity contribution in [3.8, 4) is 11.5 Å². The molecule has 0 aliphatic heterocycles. The van der Waals surface area contributed by atoms with Crippen LogP contribution in [-0.4, -0.2) is 14.7 Å². The molecule has 0 saturated carbocycles. The Morgan fingerprint density at radius 2 is 2.17 bits per heavy atom. The Kier molecular flexibility index (Phi) is 2.63. The zero-order chi connectivity index (χ0) is 12.5. The summed E-state index contributed by atoms with van der Waals surface area (Å²) in [7, 11) is 0. The summed E-state index contributed by atoms with van der Waals surface area (Å²) in [5.41, 5.74) is 2.20. The maximum Gasteiger partial charge on any atom is 0.257 e. The molecule has 2 aromatic heterocycles. The number of hydrogen-bond donors (Lipinski definition) is 0. The molecule has 0 amide bonds. The van der Waals surface area contributed by atoms with Gasteiger partial charge in [0.1, 0.15) is 0 Å². The number of nitrogens with zero attached hydrogens (tertiary/aromatic N) is 3. The van der Waals surface area contributed by atoms with Crippen LogP contribution in [0.25, 0.3) is 22.4 Å². The standard InChI is InChI=1S/C14H15N3O/c1-10(2)8-17-6-5-11-7-12(3-4-13(11)17)14-15-9-16-18-14/h3-7,9-10H,8H2,1-2H3. The molecule has 0 atom stereocenters. The van der Waals surface area contributed by atoms with E-state index in [0.29, 0.717) is 11.8 Å². The van der Waals surface area contributed by atoms with E-state index < -0.39 is 0 Å². The Bertz CT molecular complexity index is 653. The lowest BCUT2D eigenvalue weighted by Gasteiger charge is -2.08. The summed E-state index contributed by atoms with van der Waals surface area (Å²) in [6.45, 7) is 5.47. The maximum absolute atomic E-state index is 5.07. The summed E-state index contributed by atoms with van der Waals surface area (Å²) in [6, 6.07) is 8.33. The van der Waals surface area contributed by atoms with E-state index >= 15 is 0 Å². The molecule has 1 aromatic carbocycles. The first-order valence-corrected chi connectivity index (χ1v) is 6.10. The lowest BCUT2D eigenvalue weighted by atomic mass is 10.1. The molecule has 4 heteroatoms. The summed E-state index contributed by atoms with van der Waals surface area (Å²) >= 11 is 0. The van der Waals surface area contributed by atoms with Crippen molar-refractivity contribution in [3.63, 3.8) is 0 Å². The molecular formula is C14H15N3O. The Morgan fingerprint density at radius 1 is 1.28 bits per heavy atom. The van der Waals surface area contributed by atoms with Gasteiger partial charge in [0.15, 0.2) is 6.33 Å². The van der Waals surface area contributed by atoms with E-state index in [4.69, 9.17) is 4.52 Å². The Balaban J connectivity index is 2.04. The summed E-state index contributed by atoms with van der Waals surface area (Å²) < 4.78 is 7.35. The number of fused-ring (bicyclic) bond motifs is 1. The molecule has 0 spiro atoms. The summed E-state index contributed by atoms with van der Waals surface area (Å²) in [6.07, 6.45) is 3.55. The minimum atomic E-state index is 0.563. The van der Waals surface area contributed by atoms with Gasteiger partial charge in [0, 0.05) is 29.2 Å². The van der Waals surface area contributed by atoms with Crippen LogP contribution in [0.2, 0.25) is 0 Å². The van der Waals surface area contributed by atoms with E-state index in [1.165, 1.54) is 17.2 Å². The van der Waals surface area contributed by atoms with E-state index in [1.54, 1.807) is 0 Å². The zero-order valence-electron chi connectivity index (χ0n) is 10.5. The van der Waals surface area contributed by atoms with Crippen molar-refractivity contribution in [2.45, 2.75) is 20.4 Å². The number of benzene rings is 1. The van der Waals surface area contributed by atoms with Gasteiger partial charge in [0.2, 0.25) is 0 Å². The summed E-state index contributed by atoms with van der Waals surface area (Å²) in [4.78, 5) is 4.06. The highest BCUT2D eigenvalue weighted by atomic mass is 16.5. The summed E-state index contributed by atoms with van der Waals surface area (Å²) in [5, 5.41) is 4.83. The van der Waals surface area contributed by atoms with Crippen molar-refractivity contribution >= 4 is 10.9 Å². The molecule has 0 aliphatic rings. The highest BCUT2D eigenvalue weighted by Crippen LogP contribution is 2.24. The van der Waals surface area contributed by atoms with Gasteiger partial charge in [-0.25, -0.2) is 0 Å². The number of aromatic nitrogens is 3. The number of rotatable bonds is 3. The molecular weight excluding hydrogens is 226 g/mol. The molecule has 92 valence electrons. The largest absolute Gasteiger partial charge is 0.347 e. The van der Waals surface area contributed by atoms with E-state index in [2.05, 4.69) is 53.0 Å². The van der Waals surface area contributed by atoms with Crippen LogP contribution in [0.3, 0.4) is 0 Å². The molecule has 0 unspecified atom stereocenters. The molecule has 4 nitrogen and oxygen atoms in total. The third-order valence-corrected chi connectivity index (χ3v) is 2.94. The molecule has 0 radical (unpaired) electrons. The fourth-order valence-corrected chi connectivity index (χ4v) is 2.19. The maximum atomic E-state index is 5.07. The van der Waals surface area contributed by atoms with Crippen LogP contribution < -0.4 is 0 Å². The highest BCUT2D eigenvalue weighted by Gasteiger charge is 2.07. The molecule has 0 saturated heterocycles. The van der Waals surface area contributed by atoms with Crippen LogP contribution >= 0.6 is 0 Å². The predicted octanol–water partition coefficient (Wildman–Crippen LogP) is 3.35. The highest BCUT2D eigenvalue weighted by molar-refractivity contribution is 5.84. The van der Waals surface area contributed by atoms with Crippen LogP contribution in [0.5, 0.6) is 0 Å². The van der Waals surface area contributed by atoms with Crippen LogP contribution in [0.15, 0.2) is 41.3 Å². The second kappa shape index (κ2) is 4.29. The van der Waals surface area contributed by atoms with Crippen LogP contribution in [0.4, 0.5) is 0 Å². The van der Waals surface area contributed by atoms with Gasteiger partial charge < -0.3 is 9.09 Å². The molecule has 3 aromatic rings. The van der Waals surface area contributed by atoms with E-state index in [0.717, 1.165) is 12.1 Å². The molecule has 3 rings (SSSR count). The molecule has 2 heterocycles. The quantitative estimate of drug-likeness (QED) is 0.706. The smallest absolute Gasteiger partial charge is 0.257 e. The average Bonchev–Trinajstić information content (AvgIpc) is 2.97. The topological polar surface area (TPSA) is 43.9 Å². The first-order chi connectivity index (χ1) is 8.74. The number of hydrogen-bond acceptors (Lipinski definition) is 3. The van der Waals surface area contributed by atoms with Gasteiger partial charge in [-0.3, -0.25) is 0 Å². The van der Waals surface area contributed by atoms with Gasteiger partial charge in [-0.2, -0.15) is 4.98 Å². The van der Waals surface area contributed by atoms with Crippen LogP contribution in [-0.2, 0) is 6.54 Å². The lowest BCUT2D eigenvalue weighted by Crippen LogP contribution is -2.02. The molecule has 0 bridgehead atoms. The van der Waals surface area contributed by atoms with E-state index in [9.17, 15) is 0 Å². The lowest BCUT2D eigenvalue weighted by molar-refractivity contribution is 0.430. The molecule has 0 N–H and O–H groups in total. The monoisotopic (exact) mass is 241 g/mol. The average molecular weight is 241 g/mol. The molecule has 0 aliphatic carbocycles. The fraction of sp³-hybridized carbons (Fsp3) is 0.286. The minimum absolute atomic E-state index is 0.563. The normalized spacial score (nSPS) is 11.5. The van der Waals surface area contributed by atoms with Crippen LogP contribution in [0, 0.1) is 5.92 Å². The van der Waals surface area contributed by atoms with Crippen molar-refractivity contribution < 1.29 is 4.52 Å². The zero-order valence-corrected chi connectivity index (χ0v) is 10.5. The second-order valence-corrected chi connectivity index (χ2v) is 4.88. The van der Waals surface area contributed by atoms with Gasteiger partial charge in [-0.15, -0.1) is 0 Å². The van der Waals surface area contributed by atoms with Gasteiger partial charge in [0.25, 0.3) is 5.89 Å². The molecule has 0 fully saturated rings. The SMILES string of the molecule is CC(C)Cn1ccc2cc(-c3ncno3)ccc21.